The van der Waals surface area contributed by atoms with Gasteiger partial charge in [-0.15, -0.1) is 0 Å². The zero-order chi connectivity index (χ0) is 9.03. The van der Waals surface area contributed by atoms with Gasteiger partial charge in [0.05, 0.1) is 6.07 Å². The van der Waals surface area contributed by atoms with Crippen LogP contribution in [0.2, 0.25) is 0 Å². The van der Waals surface area contributed by atoms with Gasteiger partial charge in [-0.1, -0.05) is 13.8 Å². The fourth-order valence-corrected chi connectivity index (χ4v) is 1.66. The molecule has 0 heterocycles. The molecule has 1 aliphatic carbocycles. The SMILES string of the molecule is CCN(CC)CC1(CC#N)CC1. The molecule has 0 aliphatic heterocycles. The number of rotatable bonds is 5. The highest BCUT2D eigenvalue weighted by atomic mass is 15.1. The lowest BCUT2D eigenvalue weighted by Crippen LogP contribution is -2.30. The summed E-state index contributed by atoms with van der Waals surface area (Å²) in [5.74, 6) is 0. The first-order chi connectivity index (χ1) is 5.76. The third kappa shape index (κ3) is 2.22. The van der Waals surface area contributed by atoms with Gasteiger partial charge in [-0.2, -0.15) is 5.26 Å². The molecule has 68 valence electrons. The molecule has 0 bridgehead atoms. The van der Waals surface area contributed by atoms with Gasteiger partial charge in [-0.3, -0.25) is 0 Å². The van der Waals surface area contributed by atoms with E-state index < -0.39 is 0 Å². The second kappa shape index (κ2) is 3.91. The maximum atomic E-state index is 8.63. The summed E-state index contributed by atoms with van der Waals surface area (Å²) in [6.07, 6.45) is 3.28. The van der Waals surface area contributed by atoms with Crippen LogP contribution in [0.5, 0.6) is 0 Å². The Kier molecular flexibility index (Phi) is 3.11. The van der Waals surface area contributed by atoms with Crippen molar-refractivity contribution in [1.29, 1.82) is 5.26 Å². The van der Waals surface area contributed by atoms with Gasteiger partial charge < -0.3 is 4.90 Å². The molecule has 0 spiro atoms. The summed E-state index contributed by atoms with van der Waals surface area (Å²) in [5, 5.41) is 8.63. The smallest absolute Gasteiger partial charge is 0.0628 e. The van der Waals surface area contributed by atoms with Crippen molar-refractivity contribution < 1.29 is 0 Å². The van der Waals surface area contributed by atoms with Crippen LogP contribution in [0, 0.1) is 16.7 Å². The Balaban J connectivity index is 2.34. The molecule has 0 N–H and O–H groups in total. The van der Waals surface area contributed by atoms with E-state index in [-0.39, 0.29) is 0 Å². The predicted octanol–water partition coefficient (Wildman–Crippen LogP) is 2.02. The van der Waals surface area contributed by atoms with Crippen molar-refractivity contribution in [2.75, 3.05) is 19.6 Å². The molecular weight excluding hydrogens is 148 g/mol. The summed E-state index contributed by atoms with van der Waals surface area (Å²) in [4.78, 5) is 2.42. The molecule has 12 heavy (non-hydrogen) atoms. The van der Waals surface area contributed by atoms with Crippen LogP contribution in [0.4, 0.5) is 0 Å². The van der Waals surface area contributed by atoms with Crippen LogP contribution in [-0.2, 0) is 0 Å². The van der Waals surface area contributed by atoms with E-state index in [1.165, 1.54) is 12.8 Å². The normalized spacial score (nSPS) is 19.2. The molecule has 0 unspecified atom stereocenters. The molecule has 2 nitrogen and oxygen atoms in total. The fraction of sp³-hybridized carbons (Fsp3) is 0.900. The van der Waals surface area contributed by atoms with Crippen molar-refractivity contribution in [1.82, 2.24) is 4.90 Å². The highest BCUT2D eigenvalue weighted by molar-refractivity contribution is 5.00. The van der Waals surface area contributed by atoms with Gasteiger partial charge in [0.2, 0.25) is 0 Å². The van der Waals surface area contributed by atoms with Gasteiger partial charge in [0.1, 0.15) is 0 Å². The number of nitrogens with zero attached hydrogens (tertiary/aromatic N) is 2. The molecule has 1 rings (SSSR count). The van der Waals surface area contributed by atoms with Crippen molar-refractivity contribution in [2.24, 2.45) is 5.41 Å². The maximum Gasteiger partial charge on any atom is 0.0628 e. The monoisotopic (exact) mass is 166 g/mol. The minimum atomic E-state index is 0.390. The number of hydrogen-bond acceptors (Lipinski definition) is 2. The molecular formula is C10H18N2. The van der Waals surface area contributed by atoms with Gasteiger partial charge >= 0.3 is 0 Å². The Morgan fingerprint density at radius 3 is 2.25 bits per heavy atom. The van der Waals surface area contributed by atoms with E-state index >= 15 is 0 Å². The van der Waals surface area contributed by atoms with Crippen LogP contribution in [-0.4, -0.2) is 24.5 Å². The van der Waals surface area contributed by atoms with E-state index in [9.17, 15) is 0 Å². The topological polar surface area (TPSA) is 27.0 Å². The number of nitriles is 1. The Morgan fingerprint density at radius 2 is 1.92 bits per heavy atom. The Bertz CT molecular complexity index is 173. The van der Waals surface area contributed by atoms with Gasteiger partial charge in [-0.25, -0.2) is 0 Å². The van der Waals surface area contributed by atoms with Crippen molar-refractivity contribution in [3.63, 3.8) is 0 Å². The number of hydrogen-bond donors (Lipinski definition) is 0. The highest BCUT2D eigenvalue weighted by Gasteiger charge is 2.43. The van der Waals surface area contributed by atoms with Crippen LogP contribution in [0.25, 0.3) is 0 Å². The first kappa shape index (κ1) is 9.54. The van der Waals surface area contributed by atoms with Crippen molar-refractivity contribution >= 4 is 0 Å². The van der Waals surface area contributed by atoms with Gasteiger partial charge in [0, 0.05) is 13.0 Å². The third-order valence-corrected chi connectivity index (χ3v) is 2.86. The molecule has 1 fully saturated rings. The summed E-state index contributed by atoms with van der Waals surface area (Å²) in [6.45, 7) is 7.73. The van der Waals surface area contributed by atoms with Crippen LogP contribution in [0.15, 0.2) is 0 Å². The van der Waals surface area contributed by atoms with Crippen LogP contribution in [0.3, 0.4) is 0 Å². The second-order valence-corrected chi connectivity index (χ2v) is 3.80. The van der Waals surface area contributed by atoms with E-state index in [4.69, 9.17) is 5.26 Å². The summed E-state index contributed by atoms with van der Waals surface area (Å²) in [5.41, 5.74) is 0.390. The zero-order valence-electron chi connectivity index (χ0n) is 8.14. The van der Waals surface area contributed by atoms with Crippen molar-refractivity contribution in [3.05, 3.63) is 0 Å². The van der Waals surface area contributed by atoms with Crippen molar-refractivity contribution in [2.45, 2.75) is 33.1 Å². The van der Waals surface area contributed by atoms with Crippen LogP contribution < -0.4 is 0 Å². The molecule has 1 saturated carbocycles. The largest absolute Gasteiger partial charge is 0.303 e. The molecule has 0 atom stereocenters. The van der Waals surface area contributed by atoms with Gasteiger partial charge in [0.15, 0.2) is 0 Å². The average Bonchev–Trinajstić information content (AvgIpc) is 2.82. The third-order valence-electron chi connectivity index (χ3n) is 2.86. The lowest BCUT2D eigenvalue weighted by atomic mass is 10.0. The minimum Gasteiger partial charge on any atom is -0.303 e. The van der Waals surface area contributed by atoms with Gasteiger partial charge in [0.25, 0.3) is 0 Å². The van der Waals surface area contributed by atoms with E-state index in [1.807, 2.05) is 0 Å². The first-order valence-corrected chi connectivity index (χ1v) is 4.85. The van der Waals surface area contributed by atoms with Crippen molar-refractivity contribution in [3.8, 4) is 6.07 Å². The Labute approximate surface area is 75.2 Å². The van der Waals surface area contributed by atoms with E-state index in [2.05, 4.69) is 24.8 Å². The zero-order valence-corrected chi connectivity index (χ0v) is 8.14. The standard InChI is InChI=1S/C10H18N2/c1-3-12(4-2)9-10(5-6-10)7-8-11/h3-7,9H2,1-2H3. The molecule has 0 amide bonds. The lowest BCUT2D eigenvalue weighted by Gasteiger charge is -2.23. The predicted molar refractivity (Wildman–Crippen MR) is 49.7 cm³/mol. The Hall–Kier alpha value is -0.550. The minimum absolute atomic E-state index is 0.390. The average molecular weight is 166 g/mol. The van der Waals surface area contributed by atoms with E-state index in [1.54, 1.807) is 0 Å². The Morgan fingerprint density at radius 1 is 1.33 bits per heavy atom. The molecule has 0 aromatic carbocycles. The van der Waals surface area contributed by atoms with Crippen LogP contribution >= 0.6 is 0 Å². The van der Waals surface area contributed by atoms with E-state index in [0.29, 0.717) is 5.41 Å². The molecule has 2 heteroatoms. The summed E-state index contributed by atoms with van der Waals surface area (Å²) >= 11 is 0. The second-order valence-electron chi connectivity index (χ2n) is 3.80. The lowest BCUT2D eigenvalue weighted by molar-refractivity contribution is 0.241. The first-order valence-electron chi connectivity index (χ1n) is 4.85. The van der Waals surface area contributed by atoms with Gasteiger partial charge in [-0.05, 0) is 31.3 Å². The molecule has 0 aromatic heterocycles. The molecule has 1 aliphatic rings. The molecule has 0 aromatic rings. The summed E-state index contributed by atoms with van der Waals surface area (Å²) < 4.78 is 0. The summed E-state index contributed by atoms with van der Waals surface area (Å²) in [6, 6.07) is 2.30. The fourth-order valence-electron chi connectivity index (χ4n) is 1.66. The highest BCUT2D eigenvalue weighted by Crippen LogP contribution is 2.48. The quantitative estimate of drug-likeness (QED) is 0.624. The maximum absolute atomic E-state index is 8.63. The molecule has 0 saturated heterocycles. The van der Waals surface area contributed by atoms with Crippen LogP contribution in [0.1, 0.15) is 33.1 Å². The van der Waals surface area contributed by atoms with E-state index in [0.717, 1.165) is 26.1 Å². The molecule has 0 radical (unpaired) electrons. The summed E-state index contributed by atoms with van der Waals surface area (Å²) in [7, 11) is 0.